The molecule has 0 saturated heterocycles. The second kappa shape index (κ2) is 6.40. The summed E-state index contributed by atoms with van der Waals surface area (Å²) in [6.07, 6.45) is 0. The van der Waals surface area contributed by atoms with Crippen LogP contribution in [0.1, 0.15) is 12.5 Å². The predicted molar refractivity (Wildman–Crippen MR) is 87.3 cm³/mol. The highest BCUT2D eigenvalue weighted by atomic mass is 79.9. The minimum Gasteiger partial charge on any atom is -0.339 e. The van der Waals surface area contributed by atoms with Crippen LogP contribution in [-0.4, -0.2) is 24.4 Å². The molecule has 2 rings (SSSR count). The first-order valence-electron chi connectivity index (χ1n) is 6.27. The first-order valence-corrected chi connectivity index (χ1v) is 8.71. The standard InChI is InChI=1S/C13H15BrN4O2S/c1-3-21(19,20)18-13-7-6-12(16-17-13)15-11-5-4-10(14)8-9(11)2/h4-8H,3H2,1-2H3,(H,15,16)(H,17,18). The molecular weight excluding hydrogens is 356 g/mol. The molecule has 0 amide bonds. The second-order valence-corrected chi connectivity index (χ2v) is 7.32. The Bertz CT molecular complexity index is 732. The molecule has 0 bridgehead atoms. The molecule has 21 heavy (non-hydrogen) atoms. The summed E-state index contributed by atoms with van der Waals surface area (Å²) in [7, 11) is -3.33. The Morgan fingerprint density at radius 3 is 2.38 bits per heavy atom. The van der Waals surface area contributed by atoms with Crippen LogP contribution in [0, 0.1) is 6.92 Å². The van der Waals surface area contributed by atoms with Crippen LogP contribution in [-0.2, 0) is 10.0 Å². The zero-order valence-electron chi connectivity index (χ0n) is 11.6. The molecule has 0 fully saturated rings. The van der Waals surface area contributed by atoms with Crippen molar-refractivity contribution in [1.82, 2.24) is 10.2 Å². The van der Waals surface area contributed by atoms with Gasteiger partial charge in [0.1, 0.15) is 0 Å². The van der Waals surface area contributed by atoms with E-state index in [1.165, 1.54) is 0 Å². The third kappa shape index (κ3) is 4.40. The fraction of sp³-hybridized carbons (Fsp3) is 0.231. The summed E-state index contributed by atoms with van der Waals surface area (Å²) in [5.74, 6) is 0.738. The maximum absolute atomic E-state index is 11.4. The van der Waals surface area contributed by atoms with Crippen LogP contribution in [0.5, 0.6) is 0 Å². The average Bonchev–Trinajstić information content (AvgIpc) is 2.44. The zero-order valence-corrected chi connectivity index (χ0v) is 14.0. The molecule has 0 radical (unpaired) electrons. The van der Waals surface area contributed by atoms with Gasteiger partial charge in [-0.3, -0.25) is 4.72 Å². The summed E-state index contributed by atoms with van der Waals surface area (Å²) in [6.45, 7) is 3.53. The monoisotopic (exact) mass is 370 g/mol. The molecule has 0 aliphatic rings. The molecule has 2 N–H and O–H groups in total. The van der Waals surface area contributed by atoms with E-state index in [2.05, 4.69) is 36.2 Å². The fourth-order valence-corrected chi connectivity index (χ4v) is 2.64. The first kappa shape index (κ1) is 15.7. The Labute approximate surface area is 132 Å². The van der Waals surface area contributed by atoms with Crippen molar-refractivity contribution in [2.45, 2.75) is 13.8 Å². The largest absolute Gasteiger partial charge is 0.339 e. The minimum absolute atomic E-state index is 0.00717. The lowest BCUT2D eigenvalue weighted by molar-refractivity contribution is 0.602. The van der Waals surface area contributed by atoms with Crippen molar-refractivity contribution in [2.75, 3.05) is 15.8 Å². The molecule has 8 heteroatoms. The van der Waals surface area contributed by atoms with Gasteiger partial charge in [-0.1, -0.05) is 15.9 Å². The van der Waals surface area contributed by atoms with Gasteiger partial charge in [0.15, 0.2) is 11.6 Å². The molecule has 1 heterocycles. The molecule has 1 aromatic carbocycles. The molecule has 112 valence electrons. The number of hydrogen-bond donors (Lipinski definition) is 2. The maximum Gasteiger partial charge on any atom is 0.233 e. The molecule has 0 atom stereocenters. The van der Waals surface area contributed by atoms with Crippen LogP contribution in [0.2, 0.25) is 0 Å². The van der Waals surface area contributed by atoms with E-state index >= 15 is 0 Å². The van der Waals surface area contributed by atoms with Crippen molar-refractivity contribution in [3.63, 3.8) is 0 Å². The predicted octanol–water partition coefficient (Wildman–Crippen LogP) is 3.05. The molecule has 2 aromatic rings. The third-order valence-electron chi connectivity index (χ3n) is 2.76. The lowest BCUT2D eigenvalue weighted by Gasteiger charge is -2.09. The normalized spacial score (nSPS) is 11.2. The van der Waals surface area contributed by atoms with E-state index in [4.69, 9.17) is 0 Å². The van der Waals surface area contributed by atoms with Gasteiger partial charge in [-0.05, 0) is 49.7 Å². The first-order chi connectivity index (χ1) is 9.89. The van der Waals surface area contributed by atoms with E-state index in [0.717, 1.165) is 15.7 Å². The van der Waals surface area contributed by atoms with E-state index in [9.17, 15) is 8.42 Å². The molecular formula is C13H15BrN4O2S. The van der Waals surface area contributed by atoms with Gasteiger partial charge in [-0.25, -0.2) is 8.42 Å². The smallest absolute Gasteiger partial charge is 0.233 e. The molecule has 6 nitrogen and oxygen atoms in total. The molecule has 0 unspecified atom stereocenters. The summed E-state index contributed by atoms with van der Waals surface area (Å²) < 4.78 is 26.2. The van der Waals surface area contributed by atoms with Gasteiger partial charge in [0.25, 0.3) is 0 Å². The molecule has 0 aliphatic heterocycles. The number of nitrogens with one attached hydrogen (secondary N) is 2. The number of aromatic nitrogens is 2. The number of nitrogens with zero attached hydrogens (tertiary/aromatic N) is 2. The van der Waals surface area contributed by atoms with Crippen LogP contribution in [0.15, 0.2) is 34.8 Å². The Balaban J connectivity index is 2.12. The summed E-state index contributed by atoms with van der Waals surface area (Å²) in [5.41, 5.74) is 1.97. The van der Waals surface area contributed by atoms with Crippen molar-refractivity contribution >= 4 is 43.3 Å². The Morgan fingerprint density at radius 1 is 1.14 bits per heavy atom. The topological polar surface area (TPSA) is 84.0 Å². The third-order valence-corrected chi connectivity index (χ3v) is 4.53. The lowest BCUT2D eigenvalue weighted by Crippen LogP contribution is -2.15. The Kier molecular flexibility index (Phi) is 4.79. The van der Waals surface area contributed by atoms with Gasteiger partial charge in [-0.2, -0.15) is 0 Å². The average molecular weight is 371 g/mol. The van der Waals surface area contributed by atoms with Crippen molar-refractivity contribution < 1.29 is 8.42 Å². The molecule has 0 spiro atoms. The number of anilines is 3. The van der Waals surface area contributed by atoms with Crippen LogP contribution < -0.4 is 10.0 Å². The van der Waals surface area contributed by atoms with Crippen molar-refractivity contribution in [2.24, 2.45) is 0 Å². The summed E-state index contributed by atoms with van der Waals surface area (Å²) in [5, 5.41) is 10.9. The number of rotatable bonds is 5. The Morgan fingerprint density at radius 2 is 1.81 bits per heavy atom. The van der Waals surface area contributed by atoms with Gasteiger partial charge in [-0.15, -0.1) is 10.2 Å². The second-order valence-electron chi connectivity index (χ2n) is 4.39. The Hall–Kier alpha value is -1.67. The maximum atomic E-state index is 11.4. The number of aryl methyl sites for hydroxylation is 1. The summed E-state index contributed by atoms with van der Waals surface area (Å²) >= 11 is 3.41. The highest BCUT2D eigenvalue weighted by Gasteiger charge is 2.08. The summed E-state index contributed by atoms with van der Waals surface area (Å²) in [4.78, 5) is 0. The van der Waals surface area contributed by atoms with Crippen molar-refractivity contribution in [3.05, 3.63) is 40.4 Å². The van der Waals surface area contributed by atoms with E-state index in [1.54, 1.807) is 19.1 Å². The minimum atomic E-state index is -3.33. The SMILES string of the molecule is CCS(=O)(=O)Nc1ccc(Nc2ccc(Br)cc2C)nn1. The van der Waals surface area contributed by atoms with Crippen LogP contribution >= 0.6 is 15.9 Å². The molecule has 0 aliphatic carbocycles. The van der Waals surface area contributed by atoms with Crippen LogP contribution in [0.4, 0.5) is 17.3 Å². The number of benzene rings is 1. The zero-order chi connectivity index (χ0) is 15.5. The lowest BCUT2D eigenvalue weighted by atomic mass is 10.2. The quantitative estimate of drug-likeness (QED) is 0.844. The number of sulfonamides is 1. The van der Waals surface area contributed by atoms with Crippen molar-refractivity contribution in [1.29, 1.82) is 0 Å². The summed E-state index contributed by atoms with van der Waals surface area (Å²) in [6, 6.07) is 9.07. The van der Waals surface area contributed by atoms with Gasteiger partial charge in [0.05, 0.1) is 5.75 Å². The van der Waals surface area contributed by atoms with Crippen molar-refractivity contribution in [3.8, 4) is 0 Å². The van der Waals surface area contributed by atoms with Gasteiger partial charge < -0.3 is 5.32 Å². The number of hydrogen-bond acceptors (Lipinski definition) is 5. The highest BCUT2D eigenvalue weighted by Crippen LogP contribution is 2.23. The van der Waals surface area contributed by atoms with E-state index in [0.29, 0.717) is 5.82 Å². The molecule has 1 aromatic heterocycles. The molecule has 0 saturated carbocycles. The van der Waals surface area contributed by atoms with Gasteiger partial charge in [0, 0.05) is 10.2 Å². The van der Waals surface area contributed by atoms with Gasteiger partial charge >= 0.3 is 0 Å². The van der Waals surface area contributed by atoms with Gasteiger partial charge in [0.2, 0.25) is 10.0 Å². The van der Waals surface area contributed by atoms with Crippen LogP contribution in [0.25, 0.3) is 0 Å². The number of halogens is 1. The van der Waals surface area contributed by atoms with E-state index in [-0.39, 0.29) is 11.6 Å². The highest BCUT2D eigenvalue weighted by molar-refractivity contribution is 9.10. The van der Waals surface area contributed by atoms with Crippen LogP contribution in [0.3, 0.4) is 0 Å². The fourth-order valence-electron chi connectivity index (χ4n) is 1.59. The van der Waals surface area contributed by atoms with E-state index < -0.39 is 10.0 Å². The van der Waals surface area contributed by atoms with E-state index in [1.807, 2.05) is 25.1 Å².